The molecule has 1 aromatic heterocycles. The molecule has 2 unspecified atom stereocenters. The van der Waals surface area contributed by atoms with Crippen molar-refractivity contribution in [1.82, 2.24) is 9.55 Å². The zero-order chi connectivity index (χ0) is 12.3. The van der Waals surface area contributed by atoms with Crippen LogP contribution >= 0.6 is 0 Å². The minimum atomic E-state index is 0.102. The zero-order valence-corrected chi connectivity index (χ0v) is 10.4. The first-order valence-corrected chi connectivity index (χ1v) is 6.02. The molecule has 2 atom stereocenters. The van der Waals surface area contributed by atoms with Gasteiger partial charge in [0.15, 0.2) is 0 Å². The SMILES string of the molecule is CCC(N)C(c1ccccc1C)n1ccnc1. The standard InChI is InChI=1S/C14H19N3/c1-3-13(15)14(17-9-8-16-10-17)12-7-5-4-6-11(12)2/h4-10,13-14H,3,15H2,1-2H3. The Labute approximate surface area is 102 Å². The smallest absolute Gasteiger partial charge is 0.0952 e. The predicted octanol–water partition coefficient (Wildman–Crippen LogP) is 2.52. The molecule has 2 aromatic rings. The second-order valence-corrected chi connectivity index (χ2v) is 4.38. The first kappa shape index (κ1) is 11.9. The molecular weight excluding hydrogens is 210 g/mol. The van der Waals surface area contributed by atoms with Crippen LogP contribution in [0, 0.1) is 6.92 Å². The minimum absolute atomic E-state index is 0.102. The number of aryl methyl sites for hydroxylation is 1. The van der Waals surface area contributed by atoms with E-state index in [1.807, 2.05) is 12.5 Å². The third kappa shape index (κ3) is 2.39. The van der Waals surface area contributed by atoms with Crippen molar-refractivity contribution < 1.29 is 0 Å². The van der Waals surface area contributed by atoms with E-state index < -0.39 is 0 Å². The molecule has 3 nitrogen and oxygen atoms in total. The van der Waals surface area contributed by atoms with Gasteiger partial charge in [-0.3, -0.25) is 0 Å². The van der Waals surface area contributed by atoms with Crippen LogP contribution in [0.25, 0.3) is 0 Å². The molecule has 90 valence electrons. The molecule has 0 aliphatic rings. The van der Waals surface area contributed by atoms with Crippen LogP contribution in [-0.4, -0.2) is 15.6 Å². The highest BCUT2D eigenvalue weighted by molar-refractivity contribution is 5.30. The van der Waals surface area contributed by atoms with Gasteiger partial charge in [0, 0.05) is 18.4 Å². The Morgan fingerprint density at radius 3 is 2.71 bits per heavy atom. The number of imidazole rings is 1. The summed E-state index contributed by atoms with van der Waals surface area (Å²) in [6, 6.07) is 8.67. The summed E-state index contributed by atoms with van der Waals surface area (Å²) in [4.78, 5) is 4.12. The van der Waals surface area contributed by atoms with Crippen LogP contribution in [0.4, 0.5) is 0 Å². The number of hydrogen-bond donors (Lipinski definition) is 1. The first-order chi connectivity index (χ1) is 8.24. The summed E-state index contributed by atoms with van der Waals surface area (Å²) in [6.07, 6.45) is 6.56. The van der Waals surface area contributed by atoms with Gasteiger partial charge in [0.25, 0.3) is 0 Å². The molecule has 1 aromatic carbocycles. The minimum Gasteiger partial charge on any atom is -0.328 e. The molecule has 0 spiro atoms. The number of aromatic nitrogens is 2. The second-order valence-electron chi connectivity index (χ2n) is 4.38. The lowest BCUT2D eigenvalue weighted by Crippen LogP contribution is -2.32. The quantitative estimate of drug-likeness (QED) is 0.875. The van der Waals surface area contributed by atoms with Gasteiger partial charge in [0.1, 0.15) is 0 Å². The first-order valence-electron chi connectivity index (χ1n) is 6.02. The van der Waals surface area contributed by atoms with Crippen LogP contribution < -0.4 is 5.73 Å². The summed E-state index contributed by atoms with van der Waals surface area (Å²) >= 11 is 0. The lowest BCUT2D eigenvalue weighted by molar-refractivity contribution is 0.457. The van der Waals surface area contributed by atoms with Crippen LogP contribution in [0.3, 0.4) is 0 Å². The number of hydrogen-bond acceptors (Lipinski definition) is 2. The second kappa shape index (κ2) is 5.15. The molecule has 2 N–H and O–H groups in total. The topological polar surface area (TPSA) is 43.8 Å². The van der Waals surface area contributed by atoms with Crippen molar-refractivity contribution in [3.8, 4) is 0 Å². The lowest BCUT2D eigenvalue weighted by Gasteiger charge is -2.26. The van der Waals surface area contributed by atoms with Gasteiger partial charge in [-0.25, -0.2) is 4.98 Å². The van der Waals surface area contributed by atoms with Gasteiger partial charge in [-0.15, -0.1) is 0 Å². The fourth-order valence-corrected chi connectivity index (χ4v) is 2.19. The van der Waals surface area contributed by atoms with Gasteiger partial charge < -0.3 is 10.3 Å². The largest absolute Gasteiger partial charge is 0.328 e. The molecule has 0 aliphatic heterocycles. The van der Waals surface area contributed by atoms with Crippen molar-refractivity contribution in [3.05, 3.63) is 54.1 Å². The van der Waals surface area contributed by atoms with Crippen LogP contribution in [0.2, 0.25) is 0 Å². The average molecular weight is 229 g/mol. The molecule has 0 fully saturated rings. The Morgan fingerprint density at radius 1 is 1.35 bits per heavy atom. The highest BCUT2D eigenvalue weighted by Gasteiger charge is 2.21. The van der Waals surface area contributed by atoms with Crippen molar-refractivity contribution in [1.29, 1.82) is 0 Å². The summed E-state index contributed by atoms with van der Waals surface area (Å²) in [5.74, 6) is 0. The number of benzene rings is 1. The van der Waals surface area contributed by atoms with E-state index >= 15 is 0 Å². The monoisotopic (exact) mass is 229 g/mol. The summed E-state index contributed by atoms with van der Waals surface area (Å²) in [7, 11) is 0. The molecule has 17 heavy (non-hydrogen) atoms. The molecule has 0 saturated carbocycles. The van der Waals surface area contributed by atoms with Crippen molar-refractivity contribution in [2.24, 2.45) is 5.73 Å². The molecule has 0 bridgehead atoms. The van der Waals surface area contributed by atoms with E-state index in [4.69, 9.17) is 5.73 Å². The van der Waals surface area contributed by atoms with Crippen LogP contribution in [0.1, 0.15) is 30.5 Å². The summed E-state index contributed by atoms with van der Waals surface area (Å²) in [6.45, 7) is 4.24. The van der Waals surface area contributed by atoms with Crippen LogP contribution in [0.15, 0.2) is 43.0 Å². The highest BCUT2D eigenvalue weighted by atomic mass is 15.1. The van der Waals surface area contributed by atoms with E-state index in [1.54, 1.807) is 6.20 Å². The maximum atomic E-state index is 6.26. The van der Waals surface area contributed by atoms with Gasteiger partial charge in [-0.1, -0.05) is 31.2 Å². The van der Waals surface area contributed by atoms with Gasteiger partial charge in [0.05, 0.1) is 12.4 Å². The van der Waals surface area contributed by atoms with Gasteiger partial charge >= 0.3 is 0 Å². The van der Waals surface area contributed by atoms with Crippen LogP contribution in [-0.2, 0) is 0 Å². The van der Waals surface area contributed by atoms with Gasteiger partial charge in [-0.05, 0) is 24.5 Å². The van der Waals surface area contributed by atoms with E-state index in [0.717, 1.165) is 6.42 Å². The number of rotatable bonds is 4. The molecule has 3 heteroatoms. The third-order valence-corrected chi connectivity index (χ3v) is 3.23. The molecule has 2 rings (SSSR count). The van der Waals surface area contributed by atoms with Crippen molar-refractivity contribution >= 4 is 0 Å². The summed E-state index contributed by atoms with van der Waals surface area (Å²) < 4.78 is 2.09. The Kier molecular flexibility index (Phi) is 3.59. The van der Waals surface area contributed by atoms with E-state index in [0.29, 0.717) is 0 Å². The van der Waals surface area contributed by atoms with E-state index in [9.17, 15) is 0 Å². The maximum absolute atomic E-state index is 6.26. The average Bonchev–Trinajstić information content (AvgIpc) is 2.85. The Bertz CT molecular complexity index is 462. The normalized spacial score (nSPS) is 14.5. The molecular formula is C14H19N3. The number of nitrogens with two attached hydrogens (primary N) is 1. The summed E-state index contributed by atoms with van der Waals surface area (Å²) in [5.41, 5.74) is 8.81. The zero-order valence-electron chi connectivity index (χ0n) is 10.4. The van der Waals surface area contributed by atoms with Crippen molar-refractivity contribution in [2.45, 2.75) is 32.4 Å². The Balaban J connectivity index is 2.44. The predicted molar refractivity (Wildman–Crippen MR) is 69.8 cm³/mol. The van der Waals surface area contributed by atoms with Gasteiger partial charge in [-0.2, -0.15) is 0 Å². The van der Waals surface area contributed by atoms with E-state index in [1.165, 1.54) is 11.1 Å². The van der Waals surface area contributed by atoms with Crippen LogP contribution in [0.5, 0.6) is 0 Å². The van der Waals surface area contributed by atoms with Crippen molar-refractivity contribution in [2.75, 3.05) is 0 Å². The fourth-order valence-electron chi connectivity index (χ4n) is 2.19. The maximum Gasteiger partial charge on any atom is 0.0952 e. The summed E-state index contributed by atoms with van der Waals surface area (Å²) in [5, 5.41) is 0. The van der Waals surface area contributed by atoms with Crippen molar-refractivity contribution in [3.63, 3.8) is 0 Å². The van der Waals surface area contributed by atoms with E-state index in [-0.39, 0.29) is 12.1 Å². The lowest BCUT2D eigenvalue weighted by atomic mass is 9.94. The highest BCUT2D eigenvalue weighted by Crippen LogP contribution is 2.25. The molecule has 0 aliphatic carbocycles. The van der Waals surface area contributed by atoms with Gasteiger partial charge in [0.2, 0.25) is 0 Å². The fraction of sp³-hybridized carbons (Fsp3) is 0.357. The molecule has 1 heterocycles. The molecule has 0 saturated heterocycles. The number of nitrogens with zero attached hydrogens (tertiary/aromatic N) is 2. The third-order valence-electron chi connectivity index (χ3n) is 3.23. The Hall–Kier alpha value is -1.61. The van der Waals surface area contributed by atoms with E-state index in [2.05, 4.69) is 47.7 Å². The molecule has 0 amide bonds. The molecule has 0 radical (unpaired) electrons. The Morgan fingerprint density at radius 2 is 2.12 bits per heavy atom.